The van der Waals surface area contributed by atoms with Crippen LogP contribution in [-0.2, 0) is 14.3 Å². The van der Waals surface area contributed by atoms with Crippen molar-refractivity contribution < 1.29 is 23.5 Å². The Morgan fingerprint density at radius 1 is 1.37 bits per heavy atom. The van der Waals surface area contributed by atoms with Crippen LogP contribution in [0.5, 0.6) is 5.75 Å². The number of pyridine rings is 1. The first-order valence-corrected chi connectivity index (χ1v) is 8.08. The molecule has 8 heteroatoms. The van der Waals surface area contributed by atoms with E-state index in [1.165, 1.54) is 33.3 Å². The van der Waals surface area contributed by atoms with Gasteiger partial charge < -0.3 is 14.8 Å². The smallest absolute Gasteiger partial charge is 0.292 e. The molecule has 0 spiro atoms. The number of carbonyl (C=O) groups is 2. The number of anilines is 1. The Kier molecular flexibility index (Phi) is 8.41. The molecule has 0 saturated carbocycles. The number of hydrogen-bond acceptors (Lipinski definition) is 5. The normalized spacial score (nSPS) is 9.56. The van der Waals surface area contributed by atoms with Crippen LogP contribution < -0.4 is 10.1 Å². The summed E-state index contributed by atoms with van der Waals surface area (Å²) < 4.78 is 23.4. The van der Waals surface area contributed by atoms with E-state index in [2.05, 4.69) is 21.6 Å². The third-order valence-corrected chi connectivity index (χ3v) is 3.69. The maximum absolute atomic E-state index is 14.6. The summed E-state index contributed by atoms with van der Waals surface area (Å²) in [7, 11) is 2.66. The lowest BCUT2D eigenvalue weighted by Gasteiger charge is -2.14. The van der Waals surface area contributed by atoms with Gasteiger partial charge in [0.05, 0.1) is 30.6 Å². The topological polar surface area (TPSA) is 77.5 Å². The summed E-state index contributed by atoms with van der Waals surface area (Å²) in [5, 5.41) is 2.88. The number of aromatic nitrogens is 1. The van der Waals surface area contributed by atoms with Crippen molar-refractivity contribution in [2.75, 3.05) is 19.5 Å². The fourth-order valence-electron chi connectivity index (χ4n) is 2.29. The molecule has 0 unspecified atom stereocenters. The monoisotopic (exact) mass is 394 g/mol. The Morgan fingerprint density at radius 3 is 2.48 bits per heavy atom. The third kappa shape index (κ3) is 5.52. The van der Waals surface area contributed by atoms with E-state index in [4.69, 9.17) is 21.1 Å². The standard InChI is InChI=1S/C17H16ClFN2O2.C2H4O2/c1-5-11-9(2)20-15(8-14(11)21-10(3)22)12-6-7-13(18)17(23-4)16(12)19;1-4-2-3/h5-8H,1H2,2-4H3,(H,20,21,22);2H,1H3. The Labute approximate surface area is 162 Å². The number of amides is 1. The molecular formula is C19H20ClFN2O4. The van der Waals surface area contributed by atoms with Crippen molar-refractivity contribution in [1.29, 1.82) is 0 Å². The van der Waals surface area contributed by atoms with Crippen molar-refractivity contribution in [3.05, 3.63) is 46.9 Å². The van der Waals surface area contributed by atoms with Crippen LogP contribution in [0.3, 0.4) is 0 Å². The molecule has 1 aromatic carbocycles. The largest absolute Gasteiger partial charge is 0.492 e. The Morgan fingerprint density at radius 2 is 2.00 bits per heavy atom. The van der Waals surface area contributed by atoms with Crippen molar-refractivity contribution in [2.45, 2.75) is 13.8 Å². The molecule has 0 radical (unpaired) electrons. The molecule has 0 bridgehead atoms. The van der Waals surface area contributed by atoms with E-state index in [9.17, 15) is 9.18 Å². The Balaban J connectivity index is 0.000000828. The van der Waals surface area contributed by atoms with E-state index in [-0.39, 0.29) is 22.2 Å². The number of rotatable bonds is 5. The zero-order valence-corrected chi connectivity index (χ0v) is 16.2. The van der Waals surface area contributed by atoms with Crippen molar-refractivity contribution in [1.82, 2.24) is 4.98 Å². The van der Waals surface area contributed by atoms with Gasteiger partial charge in [-0.1, -0.05) is 24.3 Å². The average molecular weight is 395 g/mol. The minimum Gasteiger partial charge on any atom is -0.492 e. The van der Waals surface area contributed by atoms with Gasteiger partial charge in [0.15, 0.2) is 11.6 Å². The molecule has 2 rings (SSSR count). The number of nitrogens with one attached hydrogen (secondary N) is 1. The molecule has 0 aliphatic carbocycles. The molecule has 1 N–H and O–H groups in total. The van der Waals surface area contributed by atoms with Crippen LogP contribution >= 0.6 is 11.6 Å². The van der Waals surface area contributed by atoms with Crippen molar-refractivity contribution in [3.8, 4) is 17.0 Å². The lowest BCUT2D eigenvalue weighted by atomic mass is 10.1. The van der Waals surface area contributed by atoms with E-state index in [0.29, 0.717) is 29.1 Å². The van der Waals surface area contributed by atoms with Gasteiger partial charge in [0.1, 0.15) is 0 Å². The molecular weight excluding hydrogens is 375 g/mol. The summed E-state index contributed by atoms with van der Waals surface area (Å²) in [5.41, 5.74) is 2.42. The van der Waals surface area contributed by atoms with Crippen molar-refractivity contribution in [3.63, 3.8) is 0 Å². The van der Waals surface area contributed by atoms with Crippen LogP contribution in [0.15, 0.2) is 24.8 Å². The van der Waals surface area contributed by atoms with Crippen LogP contribution in [0.2, 0.25) is 5.02 Å². The van der Waals surface area contributed by atoms with E-state index in [1.807, 2.05) is 0 Å². The molecule has 0 fully saturated rings. The molecule has 2 aromatic rings. The number of hydrogen-bond donors (Lipinski definition) is 1. The van der Waals surface area contributed by atoms with E-state index < -0.39 is 5.82 Å². The van der Waals surface area contributed by atoms with Gasteiger partial charge in [0.25, 0.3) is 6.47 Å². The number of halogens is 2. The predicted octanol–water partition coefficient (Wildman–Crippen LogP) is 4.25. The lowest BCUT2D eigenvalue weighted by molar-refractivity contribution is -0.126. The van der Waals surface area contributed by atoms with Gasteiger partial charge in [-0.25, -0.2) is 4.39 Å². The Hall–Kier alpha value is -2.93. The molecule has 1 amide bonds. The Bertz CT molecular complexity index is 856. The average Bonchev–Trinajstić information content (AvgIpc) is 2.61. The zero-order chi connectivity index (χ0) is 20.6. The summed E-state index contributed by atoms with van der Waals surface area (Å²) in [6.07, 6.45) is 1.59. The van der Waals surface area contributed by atoms with Gasteiger partial charge in [-0.05, 0) is 25.1 Å². The summed E-state index contributed by atoms with van der Waals surface area (Å²) >= 11 is 5.91. The molecule has 6 nitrogen and oxygen atoms in total. The second-order valence-electron chi connectivity index (χ2n) is 5.21. The highest BCUT2D eigenvalue weighted by molar-refractivity contribution is 6.32. The van der Waals surface area contributed by atoms with Crippen molar-refractivity contribution in [2.24, 2.45) is 0 Å². The molecule has 0 aliphatic heterocycles. The molecule has 0 saturated heterocycles. The highest BCUT2D eigenvalue weighted by atomic mass is 35.5. The van der Waals surface area contributed by atoms with Gasteiger partial charge in [-0.2, -0.15) is 0 Å². The van der Waals surface area contributed by atoms with Gasteiger partial charge in [-0.3, -0.25) is 14.6 Å². The maximum Gasteiger partial charge on any atom is 0.292 e. The second-order valence-corrected chi connectivity index (χ2v) is 5.62. The lowest BCUT2D eigenvalue weighted by Crippen LogP contribution is -2.09. The quantitative estimate of drug-likeness (QED) is 0.767. The zero-order valence-electron chi connectivity index (χ0n) is 15.4. The van der Waals surface area contributed by atoms with Crippen LogP contribution in [0.4, 0.5) is 10.1 Å². The minimum absolute atomic E-state index is 0.0440. The van der Waals surface area contributed by atoms with E-state index in [1.54, 1.807) is 19.1 Å². The van der Waals surface area contributed by atoms with Crippen LogP contribution in [0.25, 0.3) is 17.3 Å². The first kappa shape index (κ1) is 22.1. The van der Waals surface area contributed by atoms with Crippen LogP contribution in [0.1, 0.15) is 18.2 Å². The molecule has 1 heterocycles. The minimum atomic E-state index is -0.605. The summed E-state index contributed by atoms with van der Waals surface area (Å²) in [4.78, 5) is 24.7. The van der Waals surface area contributed by atoms with Gasteiger partial charge in [-0.15, -0.1) is 0 Å². The fourth-order valence-corrected chi connectivity index (χ4v) is 2.51. The van der Waals surface area contributed by atoms with Crippen molar-refractivity contribution >= 4 is 35.7 Å². The number of ether oxygens (including phenoxy) is 2. The number of methoxy groups -OCH3 is 2. The molecule has 27 heavy (non-hydrogen) atoms. The maximum atomic E-state index is 14.6. The molecule has 0 aliphatic rings. The number of aryl methyl sites for hydroxylation is 1. The number of carbonyl (C=O) groups excluding carboxylic acids is 2. The van der Waals surface area contributed by atoms with Gasteiger partial charge >= 0.3 is 0 Å². The fraction of sp³-hybridized carbons (Fsp3) is 0.211. The summed E-state index contributed by atoms with van der Waals surface area (Å²) in [6, 6.07) is 4.65. The highest BCUT2D eigenvalue weighted by Gasteiger charge is 2.17. The summed E-state index contributed by atoms with van der Waals surface area (Å²) in [6.45, 7) is 7.25. The second kappa shape index (κ2) is 10.3. The number of nitrogens with zero attached hydrogens (tertiary/aromatic N) is 1. The predicted molar refractivity (Wildman–Crippen MR) is 103 cm³/mol. The molecule has 0 atom stereocenters. The molecule has 1 aromatic heterocycles. The van der Waals surface area contributed by atoms with Gasteiger partial charge in [0.2, 0.25) is 5.91 Å². The molecule has 144 valence electrons. The highest BCUT2D eigenvalue weighted by Crippen LogP contribution is 2.35. The summed E-state index contributed by atoms with van der Waals surface area (Å²) in [5.74, 6) is -0.886. The van der Waals surface area contributed by atoms with Crippen LogP contribution in [0, 0.1) is 12.7 Å². The van der Waals surface area contributed by atoms with E-state index in [0.717, 1.165) is 0 Å². The first-order valence-electron chi connectivity index (χ1n) is 7.71. The van der Waals surface area contributed by atoms with Gasteiger partial charge in [0, 0.05) is 23.7 Å². The third-order valence-electron chi connectivity index (χ3n) is 3.39. The number of benzene rings is 1. The SMILES string of the molecule is C=Cc1c(NC(C)=O)cc(-c2ccc(Cl)c(OC)c2F)nc1C.COC=O. The van der Waals surface area contributed by atoms with E-state index >= 15 is 0 Å². The first-order chi connectivity index (χ1) is 12.8. The van der Waals surface area contributed by atoms with Crippen LogP contribution in [-0.4, -0.2) is 31.6 Å².